The van der Waals surface area contributed by atoms with Gasteiger partial charge in [0.15, 0.2) is 0 Å². The van der Waals surface area contributed by atoms with Crippen LogP contribution >= 0.6 is 7.80 Å². The third-order valence-corrected chi connectivity index (χ3v) is 4.20. The fourth-order valence-corrected chi connectivity index (χ4v) is 3.09. The first-order chi connectivity index (χ1) is 8.66. The summed E-state index contributed by atoms with van der Waals surface area (Å²) in [5.41, 5.74) is 0. The Hall–Kier alpha value is -1.53. The molecule has 94 valence electrons. The van der Waals surface area contributed by atoms with Gasteiger partial charge < -0.3 is 9.30 Å². The third kappa shape index (κ3) is 3.24. The van der Waals surface area contributed by atoms with E-state index < -0.39 is 7.80 Å². The highest BCUT2D eigenvalue weighted by molar-refractivity contribution is 7.61. The Morgan fingerprint density at radius 1 is 0.944 bits per heavy atom. The second-order valence-electron chi connectivity index (χ2n) is 4.39. The fraction of sp³-hybridized carbons (Fsp3) is 0.200. The molecule has 0 N–H and O–H groups in total. The van der Waals surface area contributed by atoms with Crippen molar-refractivity contribution in [1.82, 2.24) is 0 Å². The summed E-state index contributed by atoms with van der Waals surface area (Å²) in [5.74, 6) is 0.775. The van der Waals surface area contributed by atoms with Crippen LogP contribution in [0.1, 0.15) is 13.8 Å². The van der Waals surface area contributed by atoms with E-state index in [0.717, 1.165) is 16.4 Å². The molecule has 0 spiro atoms. The van der Waals surface area contributed by atoms with E-state index >= 15 is 0 Å². The summed E-state index contributed by atoms with van der Waals surface area (Å²) in [7, 11) is -1.93. The molecule has 0 fully saturated rings. The summed E-state index contributed by atoms with van der Waals surface area (Å²) in [4.78, 5) is 0. The van der Waals surface area contributed by atoms with Crippen LogP contribution in [0.3, 0.4) is 0 Å². The maximum Gasteiger partial charge on any atom is 0.131 e. The lowest BCUT2D eigenvalue weighted by atomic mass is 10.3. The Morgan fingerprint density at radius 2 is 1.61 bits per heavy atom. The molecule has 0 radical (unpaired) electrons. The first kappa shape index (κ1) is 12.9. The number of ether oxygens (including phenoxy) is 1. The Kier molecular flexibility index (Phi) is 4.22. The molecule has 0 heterocycles. The molecule has 2 aromatic carbocycles. The zero-order valence-electron chi connectivity index (χ0n) is 10.6. The van der Waals surface area contributed by atoms with Crippen LogP contribution in [0.5, 0.6) is 5.75 Å². The maximum atomic E-state index is 12.4. The second kappa shape index (κ2) is 5.88. The van der Waals surface area contributed by atoms with Gasteiger partial charge in [-0.25, -0.2) is 0 Å². The predicted molar refractivity (Wildman–Crippen MR) is 76.9 cm³/mol. The highest BCUT2D eigenvalue weighted by atomic mass is 31.1. The Morgan fingerprint density at radius 3 is 2.28 bits per heavy atom. The lowest BCUT2D eigenvalue weighted by molar-refractivity contribution is 0.242. The van der Waals surface area contributed by atoms with E-state index in [1.54, 1.807) is 0 Å². The van der Waals surface area contributed by atoms with Crippen LogP contribution in [0.25, 0.3) is 0 Å². The van der Waals surface area contributed by atoms with Gasteiger partial charge in [0.1, 0.15) is 13.6 Å². The minimum atomic E-state index is -1.93. The van der Waals surface area contributed by atoms with Crippen molar-refractivity contribution in [2.75, 3.05) is 0 Å². The second-order valence-corrected chi connectivity index (χ2v) is 6.20. The smallest absolute Gasteiger partial charge is 0.131 e. The molecular weight excluding hydrogens is 243 g/mol. The molecule has 0 aliphatic carbocycles. The van der Waals surface area contributed by atoms with Crippen molar-refractivity contribution in [3.8, 4) is 5.75 Å². The van der Waals surface area contributed by atoms with E-state index in [2.05, 4.69) is 0 Å². The largest absolute Gasteiger partial charge is 0.491 e. The van der Waals surface area contributed by atoms with Crippen LogP contribution in [0.15, 0.2) is 54.6 Å². The zero-order chi connectivity index (χ0) is 13.0. The lowest BCUT2D eigenvalue weighted by Crippen LogP contribution is -2.09. The van der Waals surface area contributed by atoms with E-state index in [1.165, 1.54) is 0 Å². The third-order valence-electron chi connectivity index (χ3n) is 2.50. The fourth-order valence-electron chi connectivity index (χ4n) is 1.74. The quantitative estimate of drug-likeness (QED) is 0.790. The standard InChI is InChI=1S/C15H17O2P/c1-12(2)17-13-7-6-10-15(11-13)18(16)14-8-4-3-5-9-14/h3-12,18H,1-2H3. The van der Waals surface area contributed by atoms with E-state index in [9.17, 15) is 4.57 Å². The van der Waals surface area contributed by atoms with Crippen molar-refractivity contribution in [1.29, 1.82) is 0 Å². The number of benzene rings is 2. The van der Waals surface area contributed by atoms with Crippen LogP contribution in [-0.2, 0) is 4.57 Å². The highest BCUT2D eigenvalue weighted by Gasteiger charge is 2.07. The molecule has 0 amide bonds. The van der Waals surface area contributed by atoms with Crippen LogP contribution in [0.4, 0.5) is 0 Å². The SMILES string of the molecule is CC(C)Oc1cccc([PH](=O)c2ccccc2)c1. The molecule has 2 nitrogen and oxygen atoms in total. The molecule has 0 aliphatic rings. The topological polar surface area (TPSA) is 26.3 Å². The number of rotatable bonds is 4. The Bertz CT molecular complexity index is 535. The highest BCUT2D eigenvalue weighted by Crippen LogP contribution is 2.22. The van der Waals surface area contributed by atoms with E-state index in [0.29, 0.717) is 0 Å². The van der Waals surface area contributed by atoms with Gasteiger partial charge in [-0.1, -0.05) is 42.5 Å². The summed E-state index contributed by atoms with van der Waals surface area (Å²) in [6.07, 6.45) is 0.124. The molecule has 0 saturated carbocycles. The summed E-state index contributed by atoms with van der Waals surface area (Å²) >= 11 is 0. The van der Waals surface area contributed by atoms with Gasteiger partial charge in [-0.2, -0.15) is 0 Å². The number of hydrogen-bond acceptors (Lipinski definition) is 2. The van der Waals surface area contributed by atoms with Crippen LogP contribution in [0.2, 0.25) is 0 Å². The lowest BCUT2D eigenvalue weighted by Gasteiger charge is -2.11. The molecule has 0 saturated heterocycles. The molecule has 1 atom stereocenters. The van der Waals surface area contributed by atoms with E-state index in [4.69, 9.17) is 4.74 Å². The molecule has 1 unspecified atom stereocenters. The van der Waals surface area contributed by atoms with Gasteiger partial charge in [0.2, 0.25) is 0 Å². The molecule has 2 rings (SSSR count). The van der Waals surface area contributed by atoms with Crippen LogP contribution in [-0.4, -0.2) is 6.10 Å². The van der Waals surface area contributed by atoms with Crippen molar-refractivity contribution in [3.05, 3.63) is 54.6 Å². The summed E-state index contributed by atoms with van der Waals surface area (Å²) in [6, 6.07) is 17.1. The zero-order valence-corrected chi connectivity index (χ0v) is 11.6. The first-order valence-electron chi connectivity index (χ1n) is 6.03. The molecular formula is C15H17O2P. The van der Waals surface area contributed by atoms with Gasteiger partial charge in [-0.05, 0) is 26.0 Å². The van der Waals surface area contributed by atoms with E-state index in [1.807, 2.05) is 68.4 Å². The van der Waals surface area contributed by atoms with Gasteiger partial charge in [-0.3, -0.25) is 0 Å². The van der Waals surface area contributed by atoms with Crippen molar-refractivity contribution in [3.63, 3.8) is 0 Å². The minimum absolute atomic E-state index is 0.124. The molecule has 3 heteroatoms. The molecule has 18 heavy (non-hydrogen) atoms. The summed E-state index contributed by atoms with van der Waals surface area (Å²) in [5, 5.41) is 1.72. The first-order valence-corrected chi connectivity index (χ1v) is 7.44. The summed E-state index contributed by atoms with van der Waals surface area (Å²) in [6.45, 7) is 3.96. The van der Waals surface area contributed by atoms with Gasteiger partial charge in [0.05, 0.1) is 6.10 Å². The molecule has 2 aromatic rings. The Labute approximate surface area is 108 Å². The summed E-state index contributed by atoms with van der Waals surface area (Å²) < 4.78 is 18.0. The molecule has 0 bridgehead atoms. The van der Waals surface area contributed by atoms with Crippen molar-refractivity contribution < 1.29 is 9.30 Å². The van der Waals surface area contributed by atoms with Gasteiger partial charge >= 0.3 is 0 Å². The maximum absolute atomic E-state index is 12.4. The Balaban J connectivity index is 2.26. The van der Waals surface area contributed by atoms with E-state index in [-0.39, 0.29) is 6.10 Å². The monoisotopic (exact) mass is 260 g/mol. The number of hydrogen-bond donors (Lipinski definition) is 0. The van der Waals surface area contributed by atoms with Crippen molar-refractivity contribution in [2.24, 2.45) is 0 Å². The minimum Gasteiger partial charge on any atom is -0.491 e. The van der Waals surface area contributed by atoms with Crippen LogP contribution in [0, 0.1) is 0 Å². The van der Waals surface area contributed by atoms with Crippen molar-refractivity contribution in [2.45, 2.75) is 20.0 Å². The van der Waals surface area contributed by atoms with Gasteiger partial charge in [0.25, 0.3) is 0 Å². The average Bonchev–Trinajstić information content (AvgIpc) is 2.38. The predicted octanol–water partition coefficient (Wildman–Crippen LogP) is 2.98. The van der Waals surface area contributed by atoms with Gasteiger partial charge in [-0.15, -0.1) is 0 Å². The average molecular weight is 260 g/mol. The van der Waals surface area contributed by atoms with Crippen LogP contribution < -0.4 is 15.3 Å². The molecule has 0 aromatic heterocycles. The molecule has 0 aliphatic heterocycles. The normalized spacial score (nSPS) is 12.4. The van der Waals surface area contributed by atoms with Crippen molar-refractivity contribution >= 4 is 18.4 Å². The van der Waals surface area contributed by atoms with Gasteiger partial charge in [0, 0.05) is 10.6 Å².